The maximum Gasteiger partial charge on any atom is 0.201 e. The smallest absolute Gasteiger partial charge is 0.201 e. The average Bonchev–Trinajstić information content (AvgIpc) is 2.76. The van der Waals surface area contributed by atoms with Crippen molar-refractivity contribution in [3.05, 3.63) is 53.1 Å². The fourth-order valence-electron chi connectivity index (χ4n) is 2.22. The van der Waals surface area contributed by atoms with Crippen LogP contribution in [-0.2, 0) is 6.54 Å². The number of ether oxygens (including phenoxy) is 1. The van der Waals surface area contributed by atoms with Gasteiger partial charge in [-0.25, -0.2) is 4.98 Å². The molecule has 0 saturated heterocycles. The van der Waals surface area contributed by atoms with Gasteiger partial charge < -0.3 is 15.0 Å². The van der Waals surface area contributed by atoms with Crippen molar-refractivity contribution in [2.75, 3.05) is 12.8 Å². The van der Waals surface area contributed by atoms with Crippen molar-refractivity contribution in [2.45, 2.75) is 6.54 Å². The summed E-state index contributed by atoms with van der Waals surface area (Å²) in [4.78, 5) is 4.37. The van der Waals surface area contributed by atoms with Gasteiger partial charge in [0.15, 0.2) is 0 Å². The fraction of sp³-hybridized carbons (Fsp3) is 0.133. The quantitative estimate of drug-likeness (QED) is 0.804. The Kier molecular flexibility index (Phi) is 3.24. The van der Waals surface area contributed by atoms with Crippen LogP contribution in [0.1, 0.15) is 5.56 Å². The number of methoxy groups -OCH3 is 1. The molecule has 0 amide bonds. The third-order valence-corrected chi connectivity index (χ3v) is 3.64. The summed E-state index contributed by atoms with van der Waals surface area (Å²) in [6, 6.07) is 13.4. The number of rotatable bonds is 3. The molecule has 2 aromatic carbocycles. The highest BCUT2D eigenvalue weighted by Crippen LogP contribution is 2.25. The predicted molar refractivity (Wildman–Crippen MR) is 81.3 cm³/mol. The van der Waals surface area contributed by atoms with Crippen LogP contribution < -0.4 is 10.5 Å². The number of fused-ring (bicyclic) bond motifs is 1. The van der Waals surface area contributed by atoms with E-state index >= 15 is 0 Å². The molecule has 0 aliphatic carbocycles. The van der Waals surface area contributed by atoms with E-state index in [0.717, 1.165) is 27.4 Å². The van der Waals surface area contributed by atoms with E-state index in [9.17, 15) is 0 Å². The van der Waals surface area contributed by atoms with E-state index in [2.05, 4.69) is 4.98 Å². The summed E-state index contributed by atoms with van der Waals surface area (Å²) >= 11 is 6.20. The van der Waals surface area contributed by atoms with Crippen molar-refractivity contribution >= 4 is 28.6 Å². The third kappa shape index (κ3) is 2.18. The van der Waals surface area contributed by atoms with Crippen LogP contribution in [0.4, 0.5) is 5.95 Å². The molecule has 5 heteroatoms. The lowest BCUT2D eigenvalue weighted by molar-refractivity contribution is 0.415. The summed E-state index contributed by atoms with van der Waals surface area (Å²) in [6.45, 7) is 0.592. The van der Waals surface area contributed by atoms with Crippen LogP contribution >= 0.6 is 11.6 Å². The Morgan fingerprint density at radius 3 is 2.80 bits per heavy atom. The van der Waals surface area contributed by atoms with Crippen molar-refractivity contribution < 1.29 is 4.74 Å². The van der Waals surface area contributed by atoms with Gasteiger partial charge in [-0.05, 0) is 23.8 Å². The van der Waals surface area contributed by atoms with E-state index in [-0.39, 0.29) is 0 Å². The molecule has 20 heavy (non-hydrogen) atoms. The van der Waals surface area contributed by atoms with E-state index in [1.165, 1.54) is 0 Å². The van der Waals surface area contributed by atoms with Gasteiger partial charge in [0.05, 0.1) is 24.7 Å². The molecule has 0 bridgehead atoms. The predicted octanol–water partition coefficient (Wildman–Crippen LogP) is 3.33. The molecule has 2 N–H and O–H groups in total. The Balaban J connectivity index is 2.07. The summed E-state index contributed by atoms with van der Waals surface area (Å²) in [5, 5.41) is 0.724. The highest BCUT2D eigenvalue weighted by molar-refractivity contribution is 6.31. The van der Waals surface area contributed by atoms with E-state index < -0.39 is 0 Å². The van der Waals surface area contributed by atoms with Crippen molar-refractivity contribution in [2.24, 2.45) is 0 Å². The molecular formula is C15H14ClN3O. The molecule has 0 fully saturated rings. The number of hydrogen-bond donors (Lipinski definition) is 1. The van der Waals surface area contributed by atoms with Gasteiger partial charge in [-0.15, -0.1) is 0 Å². The van der Waals surface area contributed by atoms with Crippen LogP contribution in [-0.4, -0.2) is 16.7 Å². The molecule has 4 nitrogen and oxygen atoms in total. The first-order chi connectivity index (χ1) is 9.69. The van der Waals surface area contributed by atoms with Gasteiger partial charge in [-0.3, -0.25) is 0 Å². The Morgan fingerprint density at radius 2 is 2.05 bits per heavy atom. The van der Waals surface area contributed by atoms with Crippen LogP contribution in [0.3, 0.4) is 0 Å². The molecule has 1 heterocycles. The van der Waals surface area contributed by atoms with E-state index in [1.54, 1.807) is 7.11 Å². The van der Waals surface area contributed by atoms with Crippen LogP contribution in [0.25, 0.3) is 11.0 Å². The highest BCUT2D eigenvalue weighted by Gasteiger charge is 2.10. The molecule has 3 rings (SSSR count). The van der Waals surface area contributed by atoms with Crippen LogP contribution in [0.2, 0.25) is 5.02 Å². The van der Waals surface area contributed by atoms with Crippen molar-refractivity contribution in [1.29, 1.82) is 0 Å². The lowest BCUT2D eigenvalue weighted by Crippen LogP contribution is -2.04. The zero-order valence-corrected chi connectivity index (χ0v) is 11.8. The van der Waals surface area contributed by atoms with E-state index in [4.69, 9.17) is 22.1 Å². The number of nitrogens with zero attached hydrogens (tertiary/aromatic N) is 2. The fourth-order valence-corrected chi connectivity index (χ4v) is 2.41. The second kappa shape index (κ2) is 5.06. The third-order valence-electron chi connectivity index (χ3n) is 3.27. The zero-order valence-electron chi connectivity index (χ0n) is 11.0. The zero-order chi connectivity index (χ0) is 14.1. The van der Waals surface area contributed by atoms with Crippen LogP contribution in [0.15, 0.2) is 42.5 Å². The second-order valence-electron chi connectivity index (χ2n) is 4.50. The molecule has 3 aromatic rings. The molecule has 0 saturated carbocycles. The summed E-state index contributed by atoms with van der Waals surface area (Å²) in [5.41, 5.74) is 8.80. The lowest BCUT2D eigenvalue weighted by atomic mass is 10.2. The Bertz CT molecular complexity index is 767. The Morgan fingerprint density at radius 1 is 1.25 bits per heavy atom. The topological polar surface area (TPSA) is 53.1 Å². The number of benzene rings is 2. The molecule has 0 spiro atoms. The number of imidazole rings is 1. The normalized spacial score (nSPS) is 10.9. The first-order valence-electron chi connectivity index (χ1n) is 6.22. The molecule has 0 aliphatic heterocycles. The minimum absolute atomic E-state index is 0.466. The average molecular weight is 288 g/mol. The first-order valence-corrected chi connectivity index (χ1v) is 6.60. The standard InChI is InChI=1S/C15H14ClN3O/c1-20-11-6-7-14-13(8-11)18-15(17)19(14)9-10-4-2-3-5-12(10)16/h2-8H,9H2,1H3,(H2,17,18). The second-order valence-corrected chi connectivity index (χ2v) is 4.91. The molecular weight excluding hydrogens is 274 g/mol. The molecule has 1 aromatic heterocycles. The SMILES string of the molecule is COc1ccc2c(c1)nc(N)n2Cc1ccccc1Cl. The maximum absolute atomic E-state index is 6.20. The van der Waals surface area contributed by atoms with E-state index in [1.807, 2.05) is 47.0 Å². The molecule has 102 valence electrons. The van der Waals surface area contributed by atoms with E-state index in [0.29, 0.717) is 12.5 Å². The van der Waals surface area contributed by atoms with Gasteiger partial charge in [0.2, 0.25) is 5.95 Å². The van der Waals surface area contributed by atoms with Crippen molar-refractivity contribution in [3.63, 3.8) is 0 Å². The minimum atomic E-state index is 0.466. The molecule has 0 unspecified atom stereocenters. The van der Waals surface area contributed by atoms with Gasteiger partial charge in [0, 0.05) is 11.1 Å². The number of nitrogen functional groups attached to an aromatic ring is 1. The maximum atomic E-state index is 6.20. The Labute approximate surface area is 121 Å². The van der Waals surface area contributed by atoms with Crippen molar-refractivity contribution in [3.8, 4) is 5.75 Å². The number of nitrogens with two attached hydrogens (primary N) is 1. The Hall–Kier alpha value is -2.20. The summed E-state index contributed by atoms with van der Waals surface area (Å²) in [6.07, 6.45) is 0. The van der Waals surface area contributed by atoms with Gasteiger partial charge in [0.25, 0.3) is 0 Å². The van der Waals surface area contributed by atoms with Gasteiger partial charge >= 0.3 is 0 Å². The minimum Gasteiger partial charge on any atom is -0.497 e. The summed E-state index contributed by atoms with van der Waals surface area (Å²) < 4.78 is 7.14. The summed E-state index contributed by atoms with van der Waals surface area (Å²) in [7, 11) is 1.63. The van der Waals surface area contributed by atoms with Gasteiger partial charge in [0.1, 0.15) is 5.75 Å². The molecule has 0 radical (unpaired) electrons. The van der Waals surface area contributed by atoms with Gasteiger partial charge in [-0.1, -0.05) is 29.8 Å². The van der Waals surface area contributed by atoms with Gasteiger partial charge in [-0.2, -0.15) is 0 Å². The number of hydrogen-bond acceptors (Lipinski definition) is 3. The largest absolute Gasteiger partial charge is 0.497 e. The van der Waals surface area contributed by atoms with Crippen LogP contribution in [0, 0.1) is 0 Å². The summed E-state index contributed by atoms with van der Waals surface area (Å²) in [5.74, 6) is 1.23. The number of anilines is 1. The molecule has 0 atom stereocenters. The molecule has 0 aliphatic rings. The number of halogens is 1. The number of aromatic nitrogens is 2. The van der Waals surface area contributed by atoms with Crippen molar-refractivity contribution in [1.82, 2.24) is 9.55 Å². The van der Waals surface area contributed by atoms with Crippen LogP contribution in [0.5, 0.6) is 5.75 Å². The monoisotopic (exact) mass is 287 g/mol. The highest BCUT2D eigenvalue weighted by atomic mass is 35.5. The first kappa shape index (κ1) is 12.8. The lowest BCUT2D eigenvalue weighted by Gasteiger charge is -2.08.